The molecule has 1 rings (SSSR count). The molecule has 0 unspecified atom stereocenters. The van der Waals surface area contributed by atoms with Crippen molar-refractivity contribution >= 4 is 11.6 Å². The fourth-order valence-corrected chi connectivity index (χ4v) is 1.46. The van der Waals surface area contributed by atoms with Gasteiger partial charge in [-0.1, -0.05) is 12.1 Å². The van der Waals surface area contributed by atoms with E-state index in [2.05, 4.69) is 10.6 Å². The number of carbonyl (C=O) groups excluding carboxylic acids is 1. The SMILES string of the molecule is CNC(=O)CNCc1cccc([N+](=O)[O-])c1C. The Kier molecular flexibility index (Phi) is 4.59. The largest absolute Gasteiger partial charge is 0.358 e. The van der Waals surface area contributed by atoms with E-state index in [0.717, 1.165) is 5.56 Å². The van der Waals surface area contributed by atoms with Crippen LogP contribution >= 0.6 is 0 Å². The maximum Gasteiger partial charge on any atom is 0.272 e. The van der Waals surface area contributed by atoms with Gasteiger partial charge in [-0.2, -0.15) is 0 Å². The highest BCUT2D eigenvalue weighted by molar-refractivity contribution is 5.77. The number of nitrogens with zero attached hydrogens (tertiary/aromatic N) is 1. The maximum absolute atomic E-state index is 11.0. The summed E-state index contributed by atoms with van der Waals surface area (Å²) in [5.74, 6) is -0.118. The fraction of sp³-hybridized carbons (Fsp3) is 0.364. The van der Waals surface area contributed by atoms with Crippen molar-refractivity contribution < 1.29 is 9.72 Å². The van der Waals surface area contributed by atoms with Gasteiger partial charge in [-0.15, -0.1) is 0 Å². The van der Waals surface area contributed by atoms with E-state index in [9.17, 15) is 14.9 Å². The zero-order valence-corrected chi connectivity index (χ0v) is 9.82. The summed E-state index contributed by atoms with van der Waals surface area (Å²) < 4.78 is 0. The van der Waals surface area contributed by atoms with Crippen molar-refractivity contribution in [3.8, 4) is 0 Å². The van der Waals surface area contributed by atoms with Crippen molar-refractivity contribution in [2.75, 3.05) is 13.6 Å². The number of nitro benzene ring substituents is 1. The number of amides is 1. The number of nitro groups is 1. The first-order chi connectivity index (χ1) is 8.06. The first-order valence-corrected chi connectivity index (χ1v) is 5.20. The molecule has 0 spiro atoms. The van der Waals surface area contributed by atoms with Crippen LogP contribution in [0.3, 0.4) is 0 Å². The molecule has 0 saturated heterocycles. The second-order valence-electron chi connectivity index (χ2n) is 3.60. The molecule has 92 valence electrons. The van der Waals surface area contributed by atoms with E-state index in [-0.39, 0.29) is 18.1 Å². The molecule has 2 N–H and O–H groups in total. The molecule has 0 saturated carbocycles. The van der Waals surface area contributed by atoms with Gasteiger partial charge in [-0.25, -0.2) is 0 Å². The van der Waals surface area contributed by atoms with E-state index < -0.39 is 4.92 Å². The van der Waals surface area contributed by atoms with Crippen LogP contribution in [0.5, 0.6) is 0 Å². The van der Waals surface area contributed by atoms with Gasteiger partial charge in [0.2, 0.25) is 5.91 Å². The highest BCUT2D eigenvalue weighted by Crippen LogP contribution is 2.20. The Morgan fingerprint density at radius 1 is 1.47 bits per heavy atom. The molecule has 1 aromatic carbocycles. The van der Waals surface area contributed by atoms with Gasteiger partial charge in [0.25, 0.3) is 5.69 Å². The smallest absolute Gasteiger partial charge is 0.272 e. The summed E-state index contributed by atoms with van der Waals surface area (Å²) in [5, 5.41) is 16.1. The number of likely N-dealkylation sites (N-methyl/N-ethyl adjacent to an activating group) is 1. The van der Waals surface area contributed by atoms with Gasteiger partial charge >= 0.3 is 0 Å². The van der Waals surface area contributed by atoms with Crippen LogP contribution in [0.1, 0.15) is 11.1 Å². The minimum atomic E-state index is -0.405. The van der Waals surface area contributed by atoms with E-state index in [4.69, 9.17) is 0 Å². The normalized spacial score (nSPS) is 10.0. The highest BCUT2D eigenvalue weighted by atomic mass is 16.6. The Labute approximate surface area is 99.2 Å². The molecular formula is C11H15N3O3. The van der Waals surface area contributed by atoms with Crippen LogP contribution in [-0.4, -0.2) is 24.4 Å². The van der Waals surface area contributed by atoms with Crippen LogP contribution in [0.15, 0.2) is 18.2 Å². The lowest BCUT2D eigenvalue weighted by Crippen LogP contribution is -2.31. The molecule has 0 fully saturated rings. The average Bonchev–Trinajstić information content (AvgIpc) is 2.30. The molecule has 0 atom stereocenters. The van der Waals surface area contributed by atoms with Crippen LogP contribution in [0, 0.1) is 17.0 Å². The van der Waals surface area contributed by atoms with Gasteiger partial charge in [0.1, 0.15) is 0 Å². The van der Waals surface area contributed by atoms with Gasteiger partial charge in [-0.05, 0) is 12.5 Å². The van der Waals surface area contributed by atoms with Gasteiger partial charge in [0.15, 0.2) is 0 Å². The second-order valence-corrected chi connectivity index (χ2v) is 3.60. The lowest BCUT2D eigenvalue weighted by Gasteiger charge is -2.07. The molecule has 0 bridgehead atoms. The predicted molar refractivity (Wildman–Crippen MR) is 63.6 cm³/mol. The van der Waals surface area contributed by atoms with Crippen LogP contribution < -0.4 is 10.6 Å². The predicted octanol–water partition coefficient (Wildman–Crippen LogP) is 0.739. The first kappa shape index (κ1) is 13.1. The molecule has 1 amide bonds. The first-order valence-electron chi connectivity index (χ1n) is 5.20. The van der Waals surface area contributed by atoms with Crippen LogP contribution in [-0.2, 0) is 11.3 Å². The number of carbonyl (C=O) groups is 1. The third kappa shape index (κ3) is 3.53. The lowest BCUT2D eigenvalue weighted by atomic mass is 10.1. The number of nitrogens with one attached hydrogen (secondary N) is 2. The van der Waals surface area contributed by atoms with Crippen molar-refractivity contribution in [2.24, 2.45) is 0 Å². The Morgan fingerprint density at radius 2 is 2.18 bits per heavy atom. The average molecular weight is 237 g/mol. The Morgan fingerprint density at radius 3 is 2.76 bits per heavy atom. The molecule has 0 radical (unpaired) electrons. The zero-order chi connectivity index (χ0) is 12.8. The van der Waals surface area contributed by atoms with Gasteiger partial charge in [0.05, 0.1) is 11.5 Å². The number of hydrogen-bond acceptors (Lipinski definition) is 4. The topological polar surface area (TPSA) is 84.3 Å². The third-order valence-electron chi connectivity index (χ3n) is 2.49. The zero-order valence-electron chi connectivity index (χ0n) is 9.82. The molecule has 6 nitrogen and oxygen atoms in total. The van der Waals surface area contributed by atoms with Crippen molar-refractivity contribution in [1.29, 1.82) is 0 Å². The van der Waals surface area contributed by atoms with E-state index in [1.165, 1.54) is 6.07 Å². The highest BCUT2D eigenvalue weighted by Gasteiger charge is 2.12. The maximum atomic E-state index is 11.0. The summed E-state index contributed by atoms with van der Waals surface area (Å²) in [6.07, 6.45) is 0. The summed E-state index contributed by atoms with van der Waals surface area (Å²) in [5.41, 5.74) is 1.55. The minimum Gasteiger partial charge on any atom is -0.358 e. The monoisotopic (exact) mass is 237 g/mol. The van der Waals surface area contributed by atoms with E-state index in [0.29, 0.717) is 12.1 Å². The number of hydrogen-bond donors (Lipinski definition) is 2. The third-order valence-corrected chi connectivity index (χ3v) is 2.49. The fourth-order valence-electron chi connectivity index (χ4n) is 1.46. The summed E-state index contributed by atoms with van der Waals surface area (Å²) in [6, 6.07) is 4.92. The number of rotatable bonds is 5. The molecule has 1 aromatic rings. The molecule has 17 heavy (non-hydrogen) atoms. The van der Waals surface area contributed by atoms with Crippen molar-refractivity contribution in [1.82, 2.24) is 10.6 Å². The van der Waals surface area contributed by atoms with Crippen LogP contribution in [0.25, 0.3) is 0 Å². The Hall–Kier alpha value is -1.95. The Bertz CT molecular complexity index is 432. The molecule has 0 aromatic heterocycles. The minimum absolute atomic E-state index is 0.101. The molecule has 0 aliphatic heterocycles. The Balaban J connectivity index is 2.69. The standard InChI is InChI=1S/C11H15N3O3/c1-8-9(6-13-7-11(15)12-2)4-3-5-10(8)14(16)17/h3-5,13H,6-7H2,1-2H3,(H,12,15). The van der Waals surface area contributed by atoms with Crippen LogP contribution in [0.2, 0.25) is 0 Å². The summed E-state index contributed by atoms with van der Waals surface area (Å²) in [7, 11) is 1.56. The quantitative estimate of drug-likeness (QED) is 0.584. The van der Waals surface area contributed by atoms with Crippen molar-refractivity contribution in [3.05, 3.63) is 39.4 Å². The summed E-state index contributed by atoms with van der Waals surface area (Å²) in [6.45, 7) is 2.33. The van der Waals surface area contributed by atoms with Crippen molar-refractivity contribution in [3.63, 3.8) is 0 Å². The molecule has 6 heteroatoms. The van der Waals surface area contributed by atoms with Crippen LogP contribution in [0.4, 0.5) is 5.69 Å². The summed E-state index contributed by atoms with van der Waals surface area (Å²) >= 11 is 0. The second kappa shape index (κ2) is 5.95. The van der Waals surface area contributed by atoms with Gasteiger partial charge in [-0.3, -0.25) is 14.9 Å². The van der Waals surface area contributed by atoms with Gasteiger partial charge < -0.3 is 10.6 Å². The van der Waals surface area contributed by atoms with E-state index >= 15 is 0 Å². The van der Waals surface area contributed by atoms with E-state index in [1.807, 2.05) is 0 Å². The number of benzene rings is 1. The molecular weight excluding hydrogens is 222 g/mol. The molecule has 0 heterocycles. The summed E-state index contributed by atoms with van der Waals surface area (Å²) in [4.78, 5) is 21.3. The molecule has 0 aliphatic rings. The molecule has 0 aliphatic carbocycles. The van der Waals surface area contributed by atoms with E-state index in [1.54, 1.807) is 26.1 Å². The van der Waals surface area contributed by atoms with Gasteiger partial charge in [0, 0.05) is 25.2 Å². The van der Waals surface area contributed by atoms with Crippen molar-refractivity contribution in [2.45, 2.75) is 13.5 Å². The lowest BCUT2D eigenvalue weighted by molar-refractivity contribution is -0.385.